The van der Waals surface area contributed by atoms with Gasteiger partial charge in [-0.2, -0.15) is 5.10 Å². The minimum absolute atomic E-state index is 0.170. The monoisotopic (exact) mass is 451 g/mol. The second-order valence-corrected chi connectivity index (χ2v) is 8.80. The molecule has 0 spiro atoms. The number of likely N-dealkylation sites (tertiary alicyclic amines) is 1. The first-order valence-electron chi connectivity index (χ1n) is 11.0. The fraction of sp³-hybridized carbons (Fsp3) is 0.435. The molecule has 3 aromatic rings. The Labute approximate surface area is 191 Å². The second kappa shape index (κ2) is 10.5. The number of piperidine rings is 1. The fourth-order valence-electron chi connectivity index (χ4n) is 5.02. The van der Waals surface area contributed by atoms with Crippen molar-refractivity contribution in [2.24, 2.45) is 5.92 Å². The van der Waals surface area contributed by atoms with Gasteiger partial charge in [0.25, 0.3) is 12.0 Å². The molecule has 2 bridgehead atoms. The zero-order valence-corrected chi connectivity index (χ0v) is 18.7. The van der Waals surface area contributed by atoms with Crippen molar-refractivity contribution in [2.45, 2.75) is 38.5 Å². The summed E-state index contributed by atoms with van der Waals surface area (Å²) in [5, 5.41) is 13.9. The van der Waals surface area contributed by atoms with Crippen LogP contribution in [0.15, 0.2) is 47.9 Å². The van der Waals surface area contributed by atoms with Gasteiger partial charge in [-0.15, -0.1) is 0 Å². The Morgan fingerprint density at radius 2 is 1.97 bits per heavy atom. The van der Waals surface area contributed by atoms with E-state index >= 15 is 0 Å². The molecule has 0 amide bonds. The van der Waals surface area contributed by atoms with Crippen molar-refractivity contribution in [3.63, 3.8) is 0 Å². The molecule has 1 fully saturated rings. The van der Waals surface area contributed by atoms with Gasteiger partial charge < -0.3 is 9.67 Å². The Bertz CT molecular complexity index is 1100. The van der Waals surface area contributed by atoms with Gasteiger partial charge >= 0.3 is 0 Å². The molecule has 2 atom stereocenters. The first-order valence-corrected chi connectivity index (χ1v) is 11.0. The van der Waals surface area contributed by atoms with Gasteiger partial charge in [0.2, 0.25) is 0 Å². The topological polar surface area (TPSA) is 120 Å². The van der Waals surface area contributed by atoms with E-state index in [1.807, 2.05) is 36.1 Å². The normalized spacial score (nSPS) is 19.5. The molecular weight excluding hydrogens is 422 g/mol. The van der Waals surface area contributed by atoms with Crippen LogP contribution in [0.3, 0.4) is 0 Å². The van der Waals surface area contributed by atoms with E-state index in [4.69, 9.17) is 9.90 Å². The lowest BCUT2D eigenvalue weighted by molar-refractivity contribution is -0.122. The van der Waals surface area contributed by atoms with Crippen LogP contribution in [0, 0.1) is 5.92 Å². The summed E-state index contributed by atoms with van der Waals surface area (Å²) in [6.07, 6.45) is 8.27. The van der Waals surface area contributed by atoms with Gasteiger partial charge in [0, 0.05) is 86.3 Å². The van der Waals surface area contributed by atoms with E-state index in [0.717, 1.165) is 49.5 Å². The smallest absolute Gasteiger partial charge is 0.290 e. The highest BCUT2D eigenvalue weighted by molar-refractivity contribution is 5.32. The first-order chi connectivity index (χ1) is 16.1. The summed E-state index contributed by atoms with van der Waals surface area (Å²) >= 11 is 0. The summed E-state index contributed by atoms with van der Waals surface area (Å²) in [6, 6.07) is 6.17. The maximum atomic E-state index is 13.2. The van der Waals surface area contributed by atoms with Crippen LogP contribution in [0.25, 0.3) is 0 Å². The molecule has 2 aliphatic rings. The third kappa shape index (κ3) is 5.52. The molecular formula is C23H29N7O3. The van der Waals surface area contributed by atoms with Crippen LogP contribution in [-0.4, -0.2) is 66.2 Å². The molecule has 0 aromatic carbocycles. The van der Waals surface area contributed by atoms with Crippen molar-refractivity contribution in [1.82, 2.24) is 34.5 Å². The van der Waals surface area contributed by atoms with Crippen LogP contribution < -0.4 is 5.56 Å². The summed E-state index contributed by atoms with van der Waals surface area (Å²) in [5.41, 5.74) is 4.41. The highest BCUT2D eigenvalue weighted by atomic mass is 16.3. The number of aromatic amines is 1. The van der Waals surface area contributed by atoms with Gasteiger partial charge in [-0.3, -0.25) is 24.5 Å². The van der Waals surface area contributed by atoms with E-state index < -0.39 is 0 Å². The minimum Gasteiger partial charge on any atom is -0.483 e. The number of nitrogens with one attached hydrogen (secondary N) is 1. The van der Waals surface area contributed by atoms with Crippen molar-refractivity contribution in [1.29, 1.82) is 0 Å². The van der Waals surface area contributed by atoms with Gasteiger partial charge in [-0.05, 0) is 31.5 Å². The van der Waals surface area contributed by atoms with Crippen molar-refractivity contribution >= 4 is 6.47 Å². The van der Waals surface area contributed by atoms with E-state index in [1.54, 1.807) is 12.5 Å². The summed E-state index contributed by atoms with van der Waals surface area (Å²) in [4.78, 5) is 34.5. The van der Waals surface area contributed by atoms with Gasteiger partial charge in [0.05, 0.1) is 0 Å². The number of aromatic nitrogens is 5. The molecule has 0 radical (unpaired) electrons. The Kier molecular flexibility index (Phi) is 7.26. The molecule has 3 aromatic heterocycles. The zero-order chi connectivity index (χ0) is 23.2. The predicted octanol–water partition coefficient (Wildman–Crippen LogP) is 1.31. The molecule has 2 aliphatic heterocycles. The summed E-state index contributed by atoms with van der Waals surface area (Å²) in [5.74, 6) is 0.920. The number of hydrogen-bond acceptors (Lipinski definition) is 7. The largest absolute Gasteiger partial charge is 0.483 e. The fourth-order valence-corrected chi connectivity index (χ4v) is 5.02. The zero-order valence-electron chi connectivity index (χ0n) is 18.7. The van der Waals surface area contributed by atoms with Crippen LogP contribution in [0.5, 0.6) is 0 Å². The van der Waals surface area contributed by atoms with Gasteiger partial charge in [-0.25, -0.2) is 9.97 Å². The van der Waals surface area contributed by atoms with Crippen LogP contribution in [-0.2, 0) is 31.0 Å². The summed E-state index contributed by atoms with van der Waals surface area (Å²) < 4.78 is 2.04. The molecule has 0 saturated carbocycles. The van der Waals surface area contributed by atoms with Crippen LogP contribution in [0.2, 0.25) is 0 Å². The molecule has 5 rings (SSSR count). The Hall–Kier alpha value is -3.37. The van der Waals surface area contributed by atoms with E-state index in [2.05, 4.69) is 36.0 Å². The Morgan fingerprint density at radius 3 is 2.70 bits per heavy atom. The lowest BCUT2D eigenvalue weighted by Crippen LogP contribution is -2.47. The highest BCUT2D eigenvalue weighted by Crippen LogP contribution is 2.35. The second-order valence-electron chi connectivity index (χ2n) is 8.80. The van der Waals surface area contributed by atoms with E-state index in [-0.39, 0.29) is 12.0 Å². The molecule has 2 N–H and O–H groups in total. The maximum absolute atomic E-state index is 13.2. The lowest BCUT2D eigenvalue weighted by Gasteiger charge is -2.43. The summed E-state index contributed by atoms with van der Waals surface area (Å²) in [6.45, 7) is 4.79. The molecule has 5 heterocycles. The van der Waals surface area contributed by atoms with E-state index in [9.17, 15) is 4.79 Å². The van der Waals surface area contributed by atoms with Gasteiger partial charge in [0.15, 0.2) is 0 Å². The summed E-state index contributed by atoms with van der Waals surface area (Å²) in [7, 11) is 2.03. The van der Waals surface area contributed by atoms with E-state index in [0.29, 0.717) is 18.4 Å². The van der Waals surface area contributed by atoms with Crippen molar-refractivity contribution in [3.8, 4) is 0 Å². The minimum atomic E-state index is -0.250. The van der Waals surface area contributed by atoms with E-state index in [1.165, 1.54) is 12.1 Å². The third-order valence-electron chi connectivity index (χ3n) is 6.22. The molecule has 174 valence electrons. The number of fused-ring (bicyclic) bond motifs is 4. The molecule has 10 heteroatoms. The lowest BCUT2D eigenvalue weighted by atomic mass is 9.83. The SMILES string of the molecule is CN(Cc1ccn[nH]1)Cc1ccc2n(c1=O)C[C@H]1C[C@@H]2CN(Cc2cncnc2)C1.O=CO. The number of rotatable bonds is 6. The van der Waals surface area contributed by atoms with Crippen molar-refractivity contribution in [3.05, 3.63) is 76.0 Å². The molecule has 33 heavy (non-hydrogen) atoms. The van der Waals surface area contributed by atoms with Gasteiger partial charge in [0.1, 0.15) is 6.33 Å². The van der Waals surface area contributed by atoms with Crippen LogP contribution in [0.4, 0.5) is 0 Å². The van der Waals surface area contributed by atoms with Crippen molar-refractivity contribution in [2.75, 3.05) is 20.1 Å². The first kappa shape index (κ1) is 22.8. The van der Waals surface area contributed by atoms with Gasteiger partial charge in [-0.1, -0.05) is 6.07 Å². The van der Waals surface area contributed by atoms with Crippen LogP contribution >= 0.6 is 0 Å². The Morgan fingerprint density at radius 1 is 1.18 bits per heavy atom. The highest BCUT2D eigenvalue weighted by Gasteiger charge is 2.34. The third-order valence-corrected chi connectivity index (χ3v) is 6.22. The number of carbonyl (C=O) groups is 1. The van der Waals surface area contributed by atoms with Crippen molar-refractivity contribution < 1.29 is 9.90 Å². The number of carboxylic acid groups (broad SMARTS) is 1. The molecule has 10 nitrogen and oxygen atoms in total. The Balaban J connectivity index is 0.000000821. The van der Waals surface area contributed by atoms with Crippen LogP contribution in [0.1, 0.15) is 34.9 Å². The predicted molar refractivity (Wildman–Crippen MR) is 121 cm³/mol. The molecule has 0 aliphatic carbocycles. The number of pyridine rings is 1. The standard InChI is InChI=1S/C22H27N7O.CH2O2/c1-27(14-20-4-5-25-26-20)12-18-2-3-21-19-6-16(11-29(21)22(18)30)9-28(13-19)10-17-7-23-15-24-8-17;2-1-3/h2-5,7-8,15-16,19H,6,9-14H2,1H3,(H,25,26);1H,(H,2,3)/t16-,19+;/m0./s1. The molecule has 1 saturated heterocycles. The quantitative estimate of drug-likeness (QED) is 0.539. The maximum Gasteiger partial charge on any atom is 0.290 e. The number of H-pyrrole nitrogens is 1. The average Bonchev–Trinajstić information content (AvgIpc) is 3.30. The molecule has 0 unspecified atom stereocenters. The number of nitrogens with zero attached hydrogens (tertiary/aromatic N) is 6. The number of hydrogen-bond donors (Lipinski definition) is 2. The average molecular weight is 452 g/mol.